The zero-order chi connectivity index (χ0) is 20.0. The molecule has 29 heavy (non-hydrogen) atoms. The maximum Gasteiger partial charge on any atom is 0.247 e. The van der Waals surface area contributed by atoms with Crippen molar-refractivity contribution in [1.82, 2.24) is 15.1 Å². The molecular formula is C22H19Cl2N3O2. The summed E-state index contributed by atoms with van der Waals surface area (Å²) >= 11 is 12.2. The van der Waals surface area contributed by atoms with E-state index in [1.807, 2.05) is 41.3 Å². The number of carbonyl (C=O) groups is 1. The molecule has 0 bridgehead atoms. The number of aromatic nitrogens is 2. The molecule has 7 heteroatoms. The van der Waals surface area contributed by atoms with Crippen molar-refractivity contribution in [3.05, 3.63) is 70.0 Å². The summed E-state index contributed by atoms with van der Waals surface area (Å²) in [5, 5.41) is 9.66. The molecule has 0 spiro atoms. The standard InChI is InChI=1S/C22H19Cl2N3O2/c23-14-7-5-13(6-8-14)21-26-25-20(29-21)12-27(15-9-10-15)22(28)18-11-17(18)16-3-1-2-4-19(16)24/h1-8,15,17-18H,9-12H2. The minimum atomic E-state index is -0.0193. The van der Waals surface area contributed by atoms with E-state index in [4.69, 9.17) is 27.6 Å². The van der Waals surface area contributed by atoms with Crippen LogP contribution in [-0.4, -0.2) is 27.0 Å². The van der Waals surface area contributed by atoms with Crippen molar-refractivity contribution < 1.29 is 9.21 Å². The van der Waals surface area contributed by atoms with Crippen LogP contribution in [0.25, 0.3) is 11.5 Å². The highest BCUT2D eigenvalue weighted by Crippen LogP contribution is 2.51. The third kappa shape index (κ3) is 3.89. The summed E-state index contributed by atoms with van der Waals surface area (Å²) in [6, 6.07) is 15.3. The molecule has 3 aromatic rings. The van der Waals surface area contributed by atoms with Gasteiger partial charge in [0, 0.05) is 27.6 Å². The smallest absolute Gasteiger partial charge is 0.247 e. The molecule has 0 radical (unpaired) electrons. The van der Waals surface area contributed by atoms with Crippen molar-refractivity contribution in [3.63, 3.8) is 0 Å². The summed E-state index contributed by atoms with van der Waals surface area (Å²) in [6.07, 6.45) is 2.88. The second kappa shape index (κ2) is 7.47. The lowest BCUT2D eigenvalue weighted by molar-refractivity contribution is -0.134. The lowest BCUT2D eigenvalue weighted by Gasteiger charge is -2.20. The molecule has 2 aliphatic carbocycles. The number of nitrogens with zero attached hydrogens (tertiary/aromatic N) is 3. The van der Waals surface area contributed by atoms with Crippen LogP contribution in [0.3, 0.4) is 0 Å². The highest BCUT2D eigenvalue weighted by Gasteiger charge is 2.49. The number of hydrogen-bond acceptors (Lipinski definition) is 4. The SMILES string of the molecule is O=C(C1CC1c1ccccc1Cl)N(Cc1nnc(-c2ccc(Cl)cc2)o1)C1CC1. The second-order valence-electron chi connectivity index (χ2n) is 7.68. The normalized spacial score (nSPS) is 20.5. The monoisotopic (exact) mass is 427 g/mol. The Hall–Kier alpha value is -2.37. The lowest BCUT2D eigenvalue weighted by Crippen LogP contribution is -2.34. The molecule has 5 rings (SSSR count). The molecule has 0 saturated heterocycles. The molecule has 1 amide bonds. The van der Waals surface area contributed by atoms with Gasteiger partial charge in [0.05, 0.1) is 6.54 Å². The van der Waals surface area contributed by atoms with Gasteiger partial charge in [-0.3, -0.25) is 4.79 Å². The van der Waals surface area contributed by atoms with Gasteiger partial charge in [0.25, 0.3) is 0 Å². The number of benzene rings is 2. The van der Waals surface area contributed by atoms with Gasteiger partial charge in [0.15, 0.2) is 0 Å². The van der Waals surface area contributed by atoms with E-state index in [-0.39, 0.29) is 23.8 Å². The van der Waals surface area contributed by atoms with E-state index in [0.717, 1.165) is 35.4 Å². The van der Waals surface area contributed by atoms with Gasteiger partial charge in [-0.25, -0.2) is 0 Å². The van der Waals surface area contributed by atoms with E-state index in [9.17, 15) is 4.79 Å². The van der Waals surface area contributed by atoms with Gasteiger partial charge < -0.3 is 9.32 Å². The van der Waals surface area contributed by atoms with Crippen LogP contribution in [-0.2, 0) is 11.3 Å². The Morgan fingerprint density at radius 3 is 2.55 bits per heavy atom. The summed E-state index contributed by atoms with van der Waals surface area (Å²) in [5.74, 6) is 1.22. The van der Waals surface area contributed by atoms with E-state index < -0.39 is 0 Å². The minimum Gasteiger partial charge on any atom is -0.419 e. The van der Waals surface area contributed by atoms with Gasteiger partial charge in [-0.1, -0.05) is 41.4 Å². The first-order valence-corrected chi connectivity index (χ1v) is 10.5. The second-order valence-corrected chi connectivity index (χ2v) is 8.52. The fourth-order valence-electron chi connectivity index (χ4n) is 3.75. The van der Waals surface area contributed by atoms with Gasteiger partial charge in [-0.15, -0.1) is 10.2 Å². The lowest BCUT2D eigenvalue weighted by atomic mass is 10.1. The Morgan fingerprint density at radius 1 is 1.07 bits per heavy atom. The van der Waals surface area contributed by atoms with Gasteiger partial charge in [-0.2, -0.15) is 0 Å². The molecule has 2 fully saturated rings. The maximum atomic E-state index is 13.2. The Bertz CT molecular complexity index is 1050. The predicted octanol–water partition coefficient (Wildman–Crippen LogP) is 5.34. The van der Waals surface area contributed by atoms with Crippen molar-refractivity contribution in [2.75, 3.05) is 0 Å². The fourth-order valence-corrected chi connectivity index (χ4v) is 4.15. The summed E-state index contributed by atoms with van der Waals surface area (Å²) in [4.78, 5) is 15.1. The van der Waals surface area contributed by atoms with Crippen molar-refractivity contribution in [1.29, 1.82) is 0 Å². The molecule has 0 N–H and O–H groups in total. The molecule has 5 nitrogen and oxygen atoms in total. The van der Waals surface area contributed by atoms with Gasteiger partial charge in [-0.05, 0) is 61.1 Å². The van der Waals surface area contributed by atoms with Crippen LogP contribution in [0.2, 0.25) is 10.0 Å². The summed E-state index contributed by atoms with van der Waals surface area (Å²) < 4.78 is 5.82. The summed E-state index contributed by atoms with van der Waals surface area (Å²) in [7, 11) is 0. The van der Waals surface area contributed by atoms with Crippen LogP contribution >= 0.6 is 23.2 Å². The van der Waals surface area contributed by atoms with Gasteiger partial charge in [0.2, 0.25) is 17.7 Å². The number of amides is 1. The minimum absolute atomic E-state index is 0.0193. The zero-order valence-corrected chi connectivity index (χ0v) is 17.1. The Balaban J connectivity index is 1.30. The molecular weight excluding hydrogens is 409 g/mol. The van der Waals surface area contributed by atoms with Crippen molar-refractivity contribution in [3.8, 4) is 11.5 Å². The molecule has 1 aromatic heterocycles. The molecule has 2 aromatic carbocycles. The van der Waals surface area contributed by atoms with Crippen LogP contribution in [0.4, 0.5) is 0 Å². The Morgan fingerprint density at radius 2 is 1.83 bits per heavy atom. The summed E-state index contributed by atoms with van der Waals surface area (Å²) in [5.41, 5.74) is 1.87. The summed E-state index contributed by atoms with van der Waals surface area (Å²) in [6.45, 7) is 0.343. The third-order valence-electron chi connectivity index (χ3n) is 5.55. The van der Waals surface area contributed by atoms with Crippen molar-refractivity contribution in [2.45, 2.75) is 37.8 Å². The van der Waals surface area contributed by atoms with Gasteiger partial charge in [0.1, 0.15) is 0 Å². The highest BCUT2D eigenvalue weighted by atomic mass is 35.5. The molecule has 2 aliphatic rings. The molecule has 2 saturated carbocycles. The van der Waals surface area contributed by atoms with Crippen molar-refractivity contribution >= 4 is 29.1 Å². The predicted molar refractivity (Wildman–Crippen MR) is 111 cm³/mol. The van der Waals surface area contributed by atoms with Crippen LogP contribution in [0.5, 0.6) is 0 Å². The Labute approximate surface area is 178 Å². The van der Waals surface area contributed by atoms with Crippen LogP contribution in [0.1, 0.15) is 36.6 Å². The Kier molecular flexibility index (Phi) is 4.80. The van der Waals surface area contributed by atoms with E-state index >= 15 is 0 Å². The first kappa shape index (κ1) is 18.6. The largest absolute Gasteiger partial charge is 0.419 e. The molecule has 1 heterocycles. The number of hydrogen-bond donors (Lipinski definition) is 0. The first-order valence-electron chi connectivity index (χ1n) is 9.73. The zero-order valence-electron chi connectivity index (χ0n) is 15.6. The first-order chi connectivity index (χ1) is 14.1. The average molecular weight is 428 g/mol. The fraction of sp³-hybridized carbons (Fsp3) is 0.318. The third-order valence-corrected chi connectivity index (χ3v) is 6.14. The van der Waals surface area contributed by atoms with E-state index in [1.54, 1.807) is 12.1 Å². The number of rotatable bonds is 6. The van der Waals surface area contributed by atoms with Crippen LogP contribution in [0, 0.1) is 5.92 Å². The molecule has 0 aliphatic heterocycles. The van der Waals surface area contributed by atoms with Crippen LogP contribution < -0.4 is 0 Å². The van der Waals surface area contributed by atoms with E-state index in [2.05, 4.69) is 10.2 Å². The van der Waals surface area contributed by atoms with E-state index in [0.29, 0.717) is 23.3 Å². The van der Waals surface area contributed by atoms with Crippen LogP contribution in [0.15, 0.2) is 52.9 Å². The number of halogens is 2. The quantitative estimate of drug-likeness (QED) is 0.532. The molecule has 148 valence electrons. The highest BCUT2D eigenvalue weighted by molar-refractivity contribution is 6.31. The molecule has 2 unspecified atom stereocenters. The van der Waals surface area contributed by atoms with E-state index in [1.165, 1.54) is 0 Å². The maximum absolute atomic E-state index is 13.2. The molecule has 2 atom stereocenters. The number of carbonyl (C=O) groups excluding carboxylic acids is 1. The average Bonchev–Trinajstić information content (AvgIpc) is 3.65. The topological polar surface area (TPSA) is 59.2 Å². The van der Waals surface area contributed by atoms with Gasteiger partial charge >= 0.3 is 0 Å². The van der Waals surface area contributed by atoms with Crippen molar-refractivity contribution in [2.24, 2.45) is 5.92 Å².